The van der Waals surface area contributed by atoms with E-state index in [1.165, 1.54) is 0 Å². The number of carbonyl (C=O) groups excluding carboxylic acids is 1. The molecule has 4 atom stereocenters. The van der Waals surface area contributed by atoms with Crippen molar-refractivity contribution < 1.29 is 24.2 Å². The molecule has 1 heterocycles. The van der Waals surface area contributed by atoms with Gasteiger partial charge in [-0.1, -0.05) is 0 Å². The molecule has 4 unspecified atom stereocenters. The average Bonchev–Trinajstić information content (AvgIpc) is 3.08. The van der Waals surface area contributed by atoms with Crippen LogP contribution in [0.1, 0.15) is 26.2 Å². The number of amides is 2. The highest BCUT2D eigenvalue weighted by atomic mass is 16.5. The van der Waals surface area contributed by atoms with Crippen molar-refractivity contribution in [1.29, 1.82) is 0 Å². The molecule has 21 heavy (non-hydrogen) atoms. The first-order valence-corrected chi connectivity index (χ1v) is 7.49. The highest BCUT2D eigenvalue weighted by molar-refractivity contribution is 5.77. The van der Waals surface area contributed by atoms with Crippen molar-refractivity contribution in [2.45, 2.75) is 44.4 Å². The van der Waals surface area contributed by atoms with Crippen molar-refractivity contribution in [3.8, 4) is 0 Å². The topological polar surface area (TPSA) is 88.1 Å². The number of nitrogens with one attached hydrogen (secondary N) is 1. The number of ether oxygens (including phenoxy) is 2. The van der Waals surface area contributed by atoms with Gasteiger partial charge in [-0.05, 0) is 26.2 Å². The van der Waals surface area contributed by atoms with Crippen LogP contribution in [0.3, 0.4) is 0 Å². The Bertz CT molecular complexity index is 390. The molecule has 2 aliphatic rings. The molecule has 2 rings (SSSR count). The van der Waals surface area contributed by atoms with E-state index in [2.05, 4.69) is 5.32 Å². The minimum absolute atomic E-state index is 0.00199. The molecule has 0 aromatic carbocycles. The Labute approximate surface area is 124 Å². The number of likely N-dealkylation sites (N-methyl/N-ethyl adjacent to an activating group) is 1. The first kappa shape index (κ1) is 16.0. The van der Waals surface area contributed by atoms with E-state index in [4.69, 9.17) is 9.47 Å². The van der Waals surface area contributed by atoms with Gasteiger partial charge in [0.2, 0.25) is 0 Å². The summed E-state index contributed by atoms with van der Waals surface area (Å²) in [6.07, 6.45) is 2.91. The van der Waals surface area contributed by atoms with E-state index in [9.17, 15) is 14.7 Å². The highest BCUT2D eigenvalue weighted by Gasteiger charge is 2.40. The summed E-state index contributed by atoms with van der Waals surface area (Å²) in [4.78, 5) is 25.3. The summed E-state index contributed by atoms with van der Waals surface area (Å²) in [6.45, 7) is 2.73. The van der Waals surface area contributed by atoms with E-state index in [-0.39, 0.29) is 31.4 Å². The maximum absolute atomic E-state index is 12.5. The third-order valence-corrected chi connectivity index (χ3v) is 4.43. The number of nitrogens with zero attached hydrogens (tertiary/aromatic N) is 1. The third kappa shape index (κ3) is 3.47. The SMILES string of the molecule is CCN(C(=O)NC1CCCC1OC)C1COCC1C(=O)O. The molecule has 2 fully saturated rings. The Kier molecular flexibility index (Phi) is 5.41. The van der Waals surface area contributed by atoms with Crippen molar-refractivity contribution in [1.82, 2.24) is 10.2 Å². The highest BCUT2D eigenvalue weighted by Crippen LogP contribution is 2.23. The second-order valence-corrected chi connectivity index (χ2v) is 5.60. The van der Waals surface area contributed by atoms with E-state index >= 15 is 0 Å². The lowest BCUT2D eigenvalue weighted by Gasteiger charge is -2.31. The molecule has 0 spiro atoms. The van der Waals surface area contributed by atoms with Gasteiger partial charge in [0, 0.05) is 13.7 Å². The van der Waals surface area contributed by atoms with Gasteiger partial charge < -0.3 is 24.8 Å². The van der Waals surface area contributed by atoms with Gasteiger partial charge in [0.05, 0.1) is 31.4 Å². The summed E-state index contributed by atoms with van der Waals surface area (Å²) in [5.41, 5.74) is 0. The normalized spacial score (nSPS) is 32.1. The maximum atomic E-state index is 12.5. The molecular formula is C14H24N2O5. The summed E-state index contributed by atoms with van der Waals surface area (Å²) in [5.74, 6) is -1.57. The van der Waals surface area contributed by atoms with Crippen LogP contribution in [0.25, 0.3) is 0 Å². The van der Waals surface area contributed by atoms with Crippen molar-refractivity contribution in [3.63, 3.8) is 0 Å². The molecule has 1 aliphatic carbocycles. The molecular weight excluding hydrogens is 276 g/mol. The van der Waals surface area contributed by atoms with Gasteiger partial charge >= 0.3 is 12.0 Å². The molecule has 2 N–H and O–H groups in total. The molecule has 0 aromatic heterocycles. The second kappa shape index (κ2) is 7.09. The van der Waals surface area contributed by atoms with Crippen LogP contribution >= 0.6 is 0 Å². The predicted octanol–water partition coefficient (Wildman–Crippen LogP) is 0.685. The van der Waals surface area contributed by atoms with Crippen molar-refractivity contribution >= 4 is 12.0 Å². The average molecular weight is 300 g/mol. The molecule has 1 saturated heterocycles. The molecule has 1 saturated carbocycles. The predicted molar refractivity (Wildman–Crippen MR) is 75.1 cm³/mol. The third-order valence-electron chi connectivity index (χ3n) is 4.43. The van der Waals surface area contributed by atoms with Crippen LogP contribution < -0.4 is 5.32 Å². The number of hydrogen-bond acceptors (Lipinski definition) is 4. The summed E-state index contributed by atoms with van der Waals surface area (Å²) >= 11 is 0. The lowest BCUT2D eigenvalue weighted by Crippen LogP contribution is -2.54. The summed E-state index contributed by atoms with van der Waals surface area (Å²) in [7, 11) is 1.65. The fourth-order valence-electron chi connectivity index (χ4n) is 3.23. The minimum Gasteiger partial charge on any atom is -0.481 e. The Balaban J connectivity index is 1.99. The second-order valence-electron chi connectivity index (χ2n) is 5.60. The quantitative estimate of drug-likeness (QED) is 0.779. The number of methoxy groups -OCH3 is 1. The Morgan fingerprint density at radius 2 is 2.14 bits per heavy atom. The first-order valence-electron chi connectivity index (χ1n) is 7.49. The van der Waals surface area contributed by atoms with Crippen LogP contribution in [-0.4, -0.2) is 67.1 Å². The number of urea groups is 1. The van der Waals surface area contributed by atoms with E-state index in [0.29, 0.717) is 6.54 Å². The summed E-state index contributed by atoms with van der Waals surface area (Å²) in [5, 5.41) is 12.2. The summed E-state index contributed by atoms with van der Waals surface area (Å²) < 4.78 is 10.6. The summed E-state index contributed by atoms with van der Waals surface area (Å²) in [6, 6.07) is -0.634. The monoisotopic (exact) mass is 300 g/mol. The lowest BCUT2D eigenvalue weighted by molar-refractivity contribution is -0.142. The first-order chi connectivity index (χ1) is 10.1. The van der Waals surface area contributed by atoms with E-state index in [0.717, 1.165) is 19.3 Å². The zero-order valence-corrected chi connectivity index (χ0v) is 12.6. The van der Waals surface area contributed by atoms with Crippen molar-refractivity contribution in [3.05, 3.63) is 0 Å². The minimum atomic E-state index is -0.917. The molecule has 0 radical (unpaired) electrons. The molecule has 1 aliphatic heterocycles. The van der Waals surface area contributed by atoms with Gasteiger partial charge in [-0.15, -0.1) is 0 Å². The smallest absolute Gasteiger partial charge is 0.318 e. The van der Waals surface area contributed by atoms with Crippen LogP contribution in [0, 0.1) is 5.92 Å². The molecule has 120 valence electrons. The van der Waals surface area contributed by atoms with Crippen LogP contribution in [0.2, 0.25) is 0 Å². The van der Waals surface area contributed by atoms with Gasteiger partial charge in [0.1, 0.15) is 5.92 Å². The van der Waals surface area contributed by atoms with E-state index in [1.807, 2.05) is 6.92 Å². The number of rotatable bonds is 5. The standard InChI is InChI=1S/C14H24N2O5/c1-3-16(11-8-21-7-9(11)13(17)18)14(19)15-10-5-4-6-12(10)20-2/h9-12H,3-8H2,1-2H3,(H,15,19)(H,17,18). The van der Waals surface area contributed by atoms with Gasteiger partial charge in [0.15, 0.2) is 0 Å². The Morgan fingerprint density at radius 1 is 1.38 bits per heavy atom. The number of hydrogen-bond donors (Lipinski definition) is 2. The number of carboxylic acids is 1. The maximum Gasteiger partial charge on any atom is 0.318 e. The fraction of sp³-hybridized carbons (Fsp3) is 0.857. The number of carbonyl (C=O) groups is 2. The largest absolute Gasteiger partial charge is 0.481 e. The lowest BCUT2D eigenvalue weighted by atomic mass is 10.0. The van der Waals surface area contributed by atoms with Gasteiger partial charge in [-0.25, -0.2) is 4.79 Å². The number of carboxylic acid groups (broad SMARTS) is 1. The zero-order chi connectivity index (χ0) is 15.4. The van der Waals surface area contributed by atoms with Crippen LogP contribution in [0.4, 0.5) is 4.79 Å². The molecule has 2 amide bonds. The van der Waals surface area contributed by atoms with Gasteiger partial charge in [-0.2, -0.15) is 0 Å². The van der Waals surface area contributed by atoms with Gasteiger partial charge in [-0.3, -0.25) is 4.79 Å². The van der Waals surface area contributed by atoms with Crippen molar-refractivity contribution in [2.75, 3.05) is 26.9 Å². The Hall–Kier alpha value is -1.34. The molecule has 0 bridgehead atoms. The molecule has 7 nitrogen and oxygen atoms in total. The number of aliphatic carboxylic acids is 1. The van der Waals surface area contributed by atoms with Crippen molar-refractivity contribution in [2.24, 2.45) is 5.92 Å². The van der Waals surface area contributed by atoms with Gasteiger partial charge in [0.25, 0.3) is 0 Å². The van der Waals surface area contributed by atoms with Crippen LogP contribution in [-0.2, 0) is 14.3 Å². The molecule has 7 heteroatoms. The molecule has 0 aromatic rings. The van der Waals surface area contributed by atoms with Crippen LogP contribution in [0.5, 0.6) is 0 Å². The zero-order valence-electron chi connectivity index (χ0n) is 12.6. The van der Waals surface area contributed by atoms with E-state index < -0.39 is 17.9 Å². The van der Waals surface area contributed by atoms with E-state index in [1.54, 1.807) is 12.0 Å². The van der Waals surface area contributed by atoms with Crippen LogP contribution in [0.15, 0.2) is 0 Å². The fourth-order valence-corrected chi connectivity index (χ4v) is 3.23. The Morgan fingerprint density at radius 3 is 2.76 bits per heavy atom.